The van der Waals surface area contributed by atoms with Gasteiger partial charge >= 0.3 is 0 Å². The van der Waals surface area contributed by atoms with Crippen LogP contribution in [0, 0.1) is 0 Å². The van der Waals surface area contributed by atoms with Gasteiger partial charge in [-0.15, -0.1) is 6.58 Å². The number of sulfonamides is 1. The van der Waals surface area contributed by atoms with E-state index in [1.807, 2.05) is 43.3 Å². The molecule has 1 aliphatic heterocycles. The van der Waals surface area contributed by atoms with Gasteiger partial charge in [-0.05, 0) is 35.9 Å². The van der Waals surface area contributed by atoms with E-state index in [4.69, 9.17) is 0 Å². The summed E-state index contributed by atoms with van der Waals surface area (Å²) in [7, 11) is 0.0718. The lowest BCUT2D eigenvalue weighted by atomic mass is 10.0. The molecule has 0 N–H and O–H groups in total. The number of anilines is 1. The van der Waals surface area contributed by atoms with Crippen LogP contribution < -0.4 is 4.90 Å². The molecular weight excluding hydrogens is 348 g/mol. The van der Waals surface area contributed by atoms with Gasteiger partial charge in [0.1, 0.15) is 5.70 Å². The van der Waals surface area contributed by atoms with Gasteiger partial charge in [-0.1, -0.05) is 30.3 Å². The molecule has 0 amide bonds. The highest BCUT2D eigenvalue weighted by atomic mass is 32.2. The molecule has 0 radical (unpaired) electrons. The first-order chi connectivity index (χ1) is 12.4. The summed E-state index contributed by atoms with van der Waals surface area (Å²) in [5.74, 6) is -0.311. The van der Waals surface area contributed by atoms with Crippen LogP contribution in [0.4, 0.5) is 5.69 Å². The van der Waals surface area contributed by atoms with Crippen molar-refractivity contribution >= 4 is 27.6 Å². The second kappa shape index (κ2) is 6.80. The maximum Gasteiger partial charge on any atom is 0.265 e. The molecule has 134 valence electrons. The lowest BCUT2D eigenvalue weighted by Crippen LogP contribution is -2.39. The number of nitrogens with zero attached hydrogens (tertiary/aromatic N) is 2. The van der Waals surface area contributed by atoms with Crippen molar-refractivity contribution in [2.75, 3.05) is 25.5 Å². The summed E-state index contributed by atoms with van der Waals surface area (Å²) in [5, 5.41) is 0. The van der Waals surface area contributed by atoms with Crippen LogP contribution in [0.25, 0.3) is 6.08 Å². The number of allylic oxidation sites excluding steroid dienone is 1. The zero-order valence-corrected chi connectivity index (χ0v) is 15.5. The average molecular weight is 368 g/mol. The normalized spacial score (nSPS) is 17.1. The molecule has 5 nitrogen and oxygen atoms in total. The van der Waals surface area contributed by atoms with E-state index in [1.165, 1.54) is 12.1 Å². The molecular formula is C20H20N2O3S. The van der Waals surface area contributed by atoms with Crippen LogP contribution in [0.5, 0.6) is 0 Å². The molecule has 1 heterocycles. The number of hydrogen-bond acceptors (Lipinski definition) is 4. The summed E-state index contributed by atoms with van der Waals surface area (Å²) in [4.78, 5) is 15.0. The summed E-state index contributed by atoms with van der Waals surface area (Å²) in [6.07, 6.45) is 3.08. The van der Waals surface area contributed by atoms with Gasteiger partial charge in [0, 0.05) is 25.3 Å². The largest absolute Gasteiger partial charge is 0.378 e. The first-order valence-electron chi connectivity index (χ1n) is 8.12. The topological polar surface area (TPSA) is 57.7 Å². The van der Waals surface area contributed by atoms with Gasteiger partial charge in [0.2, 0.25) is 5.78 Å². The number of Topliss-reactive ketones (excluding diaryl/α,β-unsaturated/α-hetero) is 1. The van der Waals surface area contributed by atoms with E-state index in [0.29, 0.717) is 0 Å². The Kier molecular flexibility index (Phi) is 4.70. The number of ketones is 1. The van der Waals surface area contributed by atoms with Gasteiger partial charge in [-0.2, -0.15) is 0 Å². The zero-order chi connectivity index (χ0) is 18.9. The number of rotatable bonds is 4. The minimum Gasteiger partial charge on any atom is -0.378 e. The van der Waals surface area contributed by atoms with Crippen molar-refractivity contribution in [1.29, 1.82) is 0 Å². The number of benzene rings is 2. The second-order valence-electron chi connectivity index (χ2n) is 6.17. The predicted molar refractivity (Wildman–Crippen MR) is 104 cm³/mol. The van der Waals surface area contributed by atoms with E-state index in [9.17, 15) is 13.2 Å². The molecule has 6 heteroatoms. The molecule has 1 aliphatic rings. The van der Waals surface area contributed by atoms with Crippen LogP contribution in [-0.2, 0) is 10.0 Å². The van der Waals surface area contributed by atoms with Crippen molar-refractivity contribution in [1.82, 2.24) is 4.31 Å². The summed E-state index contributed by atoms with van der Waals surface area (Å²) >= 11 is 0. The first kappa shape index (κ1) is 17.9. The predicted octanol–water partition coefficient (Wildman–Crippen LogP) is 3.17. The van der Waals surface area contributed by atoms with Crippen molar-refractivity contribution in [2.45, 2.75) is 4.90 Å². The molecule has 0 fully saturated rings. The summed E-state index contributed by atoms with van der Waals surface area (Å²) in [6.45, 7) is 3.66. The van der Waals surface area contributed by atoms with E-state index >= 15 is 0 Å². The van der Waals surface area contributed by atoms with E-state index in [-0.39, 0.29) is 28.5 Å². The van der Waals surface area contributed by atoms with Crippen LogP contribution in [0.1, 0.15) is 15.9 Å². The Balaban J connectivity index is 2.15. The van der Waals surface area contributed by atoms with Crippen LogP contribution in [0.3, 0.4) is 0 Å². The average Bonchev–Trinajstić information content (AvgIpc) is 2.63. The van der Waals surface area contributed by atoms with E-state index in [2.05, 4.69) is 6.58 Å². The van der Waals surface area contributed by atoms with Crippen molar-refractivity contribution < 1.29 is 13.2 Å². The molecule has 3 rings (SSSR count). The number of carbonyl (C=O) groups is 1. The smallest absolute Gasteiger partial charge is 0.265 e. The van der Waals surface area contributed by atoms with Gasteiger partial charge in [0.25, 0.3) is 10.0 Å². The maximum atomic E-state index is 13.0. The van der Waals surface area contributed by atoms with Crippen molar-refractivity contribution in [3.8, 4) is 0 Å². The molecule has 0 saturated carbocycles. The fraction of sp³-hybridized carbons (Fsp3) is 0.150. The highest BCUT2D eigenvalue weighted by Crippen LogP contribution is 2.33. The van der Waals surface area contributed by atoms with Crippen LogP contribution in [-0.4, -0.2) is 39.1 Å². The molecule has 0 bridgehead atoms. The Morgan fingerprint density at radius 3 is 2.35 bits per heavy atom. The quantitative estimate of drug-likeness (QED) is 0.614. The van der Waals surface area contributed by atoms with Gasteiger partial charge in [-0.25, -0.2) is 8.42 Å². The Bertz CT molecular complexity index is 990. The summed E-state index contributed by atoms with van der Waals surface area (Å²) < 4.78 is 27.0. The van der Waals surface area contributed by atoms with Gasteiger partial charge < -0.3 is 4.90 Å². The van der Waals surface area contributed by atoms with Crippen molar-refractivity contribution in [3.63, 3.8) is 0 Å². The van der Waals surface area contributed by atoms with E-state index < -0.39 is 10.0 Å². The Labute approximate surface area is 153 Å². The fourth-order valence-electron chi connectivity index (χ4n) is 2.86. The zero-order valence-electron chi connectivity index (χ0n) is 14.7. The third kappa shape index (κ3) is 3.04. The molecule has 2 aromatic rings. The Morgan fingerprint density at radius 2 is 1.73 bits per heavy atom. The highest BCUT2D eigenvalue weighted by molar-refractivity contribution is 7.89. The van der Waals surface area contributed by atoms with E-state index in [0.717, 1.165) is 15.6 Å². The first-order valence-corrected chi connectivity index (χ1v) is 9.56. The summed E-state index contributed by atoms with van der Waals surface area (Å²) in [5.41, 5.74) is 2.09. The molecule has 0 aliphatic carbocycles. The van der Waals surface area contributed by atoms with Gasteiger partial charge in [0.05, 0.1) is 11.4 Å². The lowest BCUT2D eigenvalue weighted by Gasteiger charge is -2.30. The van der Waals surface area contributed by atoms with Crippen molar-refractivity contribution in [2.24, 2.45) is 0 Å². The van der Waals surface area contributed by atoms with Crippen LogP contribution in [0.15, 0.2) is 71.8 Å². The van der Waals surface area contributed by atoms with Crippen LogP contribution >= 0.6 is 0 Å². The minimum absolute atomic E-state index is 0.0318. The SMILES string of the molecule is C=CCN1C(=Cc2ccc(N(C)C)cc2)C(=O)c2ccccc2S1(=O)=O. The van der Waals surface area contributed by atoms with Crippen molar-refractivity contribution in [3.05, 3.63) is 78.0 Å². The maximum absolute atomic E-state index is 13.0. The standard InChI is InChI=1S/C20H20N2O3S/c1-4-13-22-18(14-15-9-11-16(12-10-15)21(2)3)20(23)17-7-5-6-8-19(17)26(22,24)25/h4-12,14H,1,13H2,2-3H3. The molecule has 0 spiro atoms. The Morgan fingerprint density at radius 1 is 1.08 bits per heavy atom. The fourth-order valence-corrected chi connectivity index (χ4v) is 4.48. The molecule has 2 aromatic carbocycles. The third-order valence-electron chi connectivity index (χ3n) is 4.21. The van der Waals surface area contributed by atoms with E-state index in [1.54, 1.807) is 24.3 Å². The number of fused-ring (bicyclic) bond motifs is 1. The minimum atomic E-state index is -3.80. The third-order valence-corrected chi connectivity index (χ3v) is 6.05. The highest BCUT2D eigenvalue weighted by Gasteiger charge is 2.38. The molecule has 0 aromatic heterocycles. The summed E-state index contributed by atoms with van der Waals surface area (Å²) in [6, 6.07) is 13.8. The van der Waals surface area contributed by atoms with Crippen LogP contribution in [0.2, 0.25) is 0 Å². The molecule has 0 atom stereocenters. The number of carbonyl (C=O) groups excluding carboxylic acids is 1. The monoisotopic (exact) mass is 368 g/mol. The molecule has 0 saturated heterocycles. The Hall–Kier alpha value is -2.86. The van der Waals surface area contributed by atoms with Gasteiger partial charge in [-0.3, -0.25) is 9.10 Å². The number of hydrogen-bond donors (Lipinski definition) is 0. The molecule has 0 unspecified atom stereocenters. The lowest BCUT2D eigenvalue weighted by molar-refractivity contribution is 0.100. The second-order valence-corrected chi connectivity index (χ2v) is 8.00. The van der Waals surface area contributed by atoms with Gasteiger partial charge in [0.15, 0.2) is 0 Å². The molecule has 26 heavy (non-hydrogen) atoms.